The second-order valence-corrected chi connectivity index (χ2v) is 4.01. The monoisotopic (exact) mass is 216 g/mol. The van der Waals surface area contributed by atoms with E-state index in [0.717, 1.165) is 6.04 Å². The van der Waals surface area contributed by atoms with Crippen molar-refractivity contribution in [1.82, 2.24) is 4.90 Å². The van der Waals surface area contributed by atoms with Crippen LogP contribution in [0.25, 0.3) is 0 Å². The second-order valence-electron chi connectivity index (χ2n) is 4.01. The van der Waals surface area contributed by atoms with E-state index in [1.807, 2.05) is 0 Å². The molecule has 1 rings (SSSR count). The molecule has 0 aromatic rings. The Balaban J connectivity index is 0.000000288. The highest BCUT2D eigenvalue weighted by Gasteiger charge is 2.13. The van der Waals surface area contributed by atoms with Crippen molar-refractivity contribution in [2.24, 2.45) is 5.73 Å². The lowest BCUT2D eigenvalue weighted by molar-refractivity contribution is 0.163. The predicted octanol–water partition coefficient (Wildman–Crippen LogP) is 1.98. The Morgan fingerprint density at radius 2 is 1.87 bits per heavy atom. The fraction of sp³-hybridized carbons (Fsp3) is 0.909. The molecule has 2 N–H and O–H groups in total. The van der Waals surface area contributed by atoms with Crippen molar-refractivity contribution < 1.29 is 9.53 Å². The quantitative estimate of drug-likeness (QED) is 0.768. The van der Waals surface area contributed by atoms with E-state index in [9.17, 15) is 4.79 Å². The smallest absolute Gasteiger partial charge is 0.404 e. The van der Waals surface area contributed by atoms with Crippen molar-refractivity contribution in [1.29, 1.82) is 0 Å². The predicted molar refractivity (Wildman–Crippen MR) is 61.8 cm³/mol. The number of carbonyl (C=O) groups excluding carboxylic acids is 1. The van der Waals surface area contributed by atoms with Crippen LogP contribution in [0.5, 0.6) is 0 Å². The van der Waals surface area contributed by atoms with Crippen molar-refractivity contribution in [3.05, 3.63) is 0 Å². The van der Waals surface area contributed by atoms with E-state index >= 15 is 0 Å². The van der Waals surface area contributed by atoms with Gasteiger partial charge in [-0.3, -0.25) is 0 Å². The minimum Gasteiger partial charge on any atom is -0.450 e. The molecule has 0 unspecified atom stereocenters. The first-order chi connectivity index (χ1) is 7.07. The third-order valence-electron chi connectivity index (χ3n) is 2.59. The minimum atomic E-state index is -0.711. The molecule has 15 heavy (non-hydrogen) atoms. The van der Waals surface area contributed by atoms with Gasteiger partial charge in [0.15, 0.2) is 0 Å². The summed E-state index contributed by atoms with van der Waals surface area (Å²) in [6, 6.07) is 0.888. The van der Waals surface area contributed by atoms with Crippen LogP contribution in [0.1, 0.15) is 39.0 Å². The van der Waals surface area contributed by atoms with Gasteiger partial charge >= 0.3 is 6.09 Å². The summed E-state index contributed by atoms with van der Waals surface area (Å²) in [7, 11) is 4.38. The van der Waals surface area contributed by atoms with Crippen molar-refractivity contribution in [3.63, 3.8) is 0 Å². The fourth-order valence-corrected chi connectivity index (χ4v) is 1.74. The number of amides is 1. The van der Waals surface area contributed by atoms with E-state index in [0.29, 0.717) is 6.61 Å². The van der Waals surface area contributed by atoms with Crippen LogP contribution in [0, 0.1) is 0 Å². The molecule has 0 aliphatic heterocycles. The molecule has 0 spiro atoms. The maximum Gasteiger partial charge on any atom is 0.404 e. The van der Waals surface area contributed by atoms with Crippen molar-refractivity contribution in [2.75, 3.05) is 20.7 Å². The molecule has 0 atom stereocenters. The van der Waals surface area contributed by atoms with Gasteiger partial charge in [0, 0.05) is 6.04 Å². The highest BCUT2D eigenvalue weighted by Crippen LogP contribution is 2.20. The van der Waals surface area contributed by atoms with Gasteiger partial charge < -0.3 is 15.4 Å². The number of nitrogens with zero attached hydrogens (tertiary/aromatic N) is 1. The van der Waals surface area contributed by atoms with Crippen LogP contribution < -0.4 is 5.73 Å². The van der Waals surface area contributed by atoms with Crippen LogP contribution in [-0.2, 0) is 4.74 Å². The topological polar surface area (TPSA) is 55.6 Å². The third kappa shape index (κ3) is 8.24. The first kappa shape index (κ1) is 14.2. The Labute approximate surface area is 92.8 Å². The lowest BCUT2D eigenvalue weighted by Crippen LogP contribution is -2.29. The summed E-state index contributed by atoms with van der Waals surface area (Å²) in [4.78, 5) is 12.0. The zero-order valence-electron chi connectivity index (χ0n) is 10.2. The number of carbonyl (C=O) groups is 1. The Hall–Kier alpha value is -0.770. The van der Waals surface area contributed by atoms with Gasteiger partial charge in [-0.15, -0.1) is 0 Å². The molecule has 0 bridgehead atoms. The molecule has 0 aromatic heterocycles. The largest absolute Gasteiger partial charge is 0.450 e. The standard InChI is InChI=1S/C8H17N.C3H7NO2/c1-9(2)8-6-4-3-5-7-8;1-2-6-3(4)5/h8H,3-7H2,1-2H3;2H2,1H3,(H2,4,5). The van der Waals surface area contributed by atoms with Crippen LogP contribution >= 0.6 is 0 Å². The summed E-state index contributed by atoms with van der Waals surface area (Å²) < 4.78 is 4.18. The van der Waals surface area contributed by atoms with Crippen molar-refractivity contribution >= 4 is 6.09 Å². The number of hydrogen-bond donors (Lipinski definition) is 1. The van der Waals surface area contributed by atoms with Gasteiger partial charge in [0.2, 0.25) is 0 Å². The molecule has 4 heteroatoms. The molecule has 1 amide bonds. The molecule has 1 aliphatic rings. The van der Waals surface area contributed by atoms with Gasteiger partial charge in [-0.05, 0) is 33.9 Å². The molecule has 1 saturated carbocycles. The van der Waals surface area contributed by atoms with E-state index in [1.165, 1.54) is 32.1 Å². The summed E-state index contributed by atoms with van der Waals surface area (Å²) in [5.74, 6) is 0. The Bertz CT molecular complexity index is 166. The van der Waals surface area contributed by atoms with E-state index < -0.39 is 6.09 Å². The molecule has 0 radical (unpaired) electrons. The average molecular weight is 216 g/mol. The molecule has 0 aromatic carbocycles. The molecule has 0 heterocycles. The lowest BCUT2D eigenvalue weighted by atomic mass is 9.95. The normalized spacial score (nSPS) is 16.8. The SMILES string of the molecule is CCOC(N)=O.CN(C)C1CCCCC1. The molecular formula is C11H24N2O2. The van der Waals surface area contributed by atoms with Crippen LogP contribution in [0.3, 0.4) is 0 Å². The average Bonchev–Trinajstić information content (AvgIpc) is 2.20. The fourth-order valence-electron chi connectivity index (χ4n) is 1.74. The van der Waals surface area contributed by atoms with Gasteiger partial charge in [-0.1, -0.05) is 19.3 Å². The highest BCUT2D eigenvalue weighted by molar-refractivity contribution is 5.64. The Kier molecular flexibility index (Phi) is 8.09. The van der Waals surface area contributed by atoms with Crippen molar-refractivity contribution in [3.8, 4) is 0 Å². The molecule has 0 saturated heterocycles. The number of nitrogens with two attached hydrogens (primary N) is 1. The lowest BCUT2D eigenvalue weighted by Gasteiger charge is -2.27. The zero-order valence-corrected chi connectivity index (χ0v) is 10.2. The first-order valence-corrected chi connectivity index (χ1v) is 5.66. The van der Waals surface area contributed by atoms with Gasteiger partial charge in [-0.25, -0.2) is 4.79 Å². The summed E-state index contributed by atoms with van der Waals surface area (Å²) in [6.45, 7) is 2.06. The molecular weight excluding hydrogens is 192 g/mol. The molecule has 1 fully saturated rings. The van der Waals surface area contributed by atoms with E-state index in [-0.39, 0.29) is 0 Å². The van der Waals surface area contributed by atoms with Crippen molar-refractivity contribution in [2.45, 2.75) is 45.1 Å². The van der Waals surface area contributed by atoms with Gasteiger partial charge in [0.1, 0.15) is 0 Å². The van der Waals surface area contributed by atoms with E-state index in [2.05, 4.69) is 29.5 Å². The summed E-state index contributed by atoms with van der Waals surface area (Å²) >= 11 is 0. The van der Waals surface area contributed by atoms with Crippen LogP contribution in [0.2, 0.25) is 0 Å². The van der Waals surface area contributed by atoms with Gasteiger partial charge in [0.05, 0.1) is 6.61 Å². The van der Waals surface area contributed by atoms with Crippen LogP contribution in [-0.4, -0.2) is 37.7 Å². The Morgan fingerprint density at radius 3 is 2.07 bits per heavy atom. The number of hydrogen-bond acceptors (Lipinski definition) is 3. The van der Waals surface area contributed by atoms with Gasteiger partial charge in [0.25, 0.3) is 0 Å². The number of ether oxygens (including phenoxy) is 1. The minimum absolute atomic E-state index is 0.356. The summed E-state index contributed by atoms with van der Waals surface area (Å²) in [6.07, 6.45) is 6.49. The maximum atomic E-state index is 9.60. The van der Waals surface area contributed by atoms with E-state index in [1.54, 1.807) is 6.92 Å². The maximum absolute atomic E-state index is 9.60. The first-order valence-electron chi connectivity index (χ1n) is 5.66. The third-order valence-corrected chi connectivity index (χ3v) is 2.59. The molecule has 90 valence electrons. The van der Waals surface area contributed by atoms with Crippen LogP contribution in [0.4, 0.5) is 4.79 Å². The number of primary amides is 1. The van der Waals surface area contributed by atoms with Gasteiger partial charge in [-0.2, -0.15) is 0 Å². The van der Waals surface area contributed by atoms with E-state index in [4.69, 9.17) is 0 Å². The summed E-state index contributed by atoms with van der Waals surface area (Å²) in [5.41, 5.74) is 4.54. The molecule has 1 aliphatic carbocycles. The zero-order chi connectivity index (χ0) is 11.7. The molecule has 4 nitrogen and oxygen atoms in total. The Morgan fingerprint density at radius 1 is 1.33 bits per heavy atom. The van der Waals surface area contributed by atoms with Crippen LogP contribution in [0.15, 0.2) is 0 Å². The summed E-state index contributed by atoms with van der Waals surface area (Å²) in [5, 5.41) is 0. The second kappa shape index (κ2) is 8.53. The highest BCUT2D eigenvalue weighted by atomic mass is 16.5. The number of rotatable bonds is 2.